The Hall–Kier alpha value is -1.26. The molecule has 2 fully saturated rings. The van der Waals surface area contributed by atoms with E-state index in [-0.39, 0.29) is 18.3 Å². The highest BCUT2D eigenvalue weighted by Crippen LogP contribution is 2.27. The number of hydrogen-bond acceptors (Lipinski definition) is 3. The quantitative estimate of drug-likeness (QED) is 0.898. The van der Waals surface area contributed by atoms with E-state index in [1.165, 1.54) is 12.8 Å². The first kappa shape index (κ1) is 15.1. The van der Waals surface area contributed by atoms with Gasteiger partial charge in [-0.05, 0) is 49.9 Å². The number of nitrogens with one attached hydrogen (secondary N) is 2. The number of rotatable bonds is 3. The van der Waals surface area contributed by atoms with Crippen LogP contribution in [0.3, 0.4) is 0 Å². The zero-order chi connectivity index (χ0) is 13.2. The number of methoxy groups -OCH3 is 1. The van der Waals surface area contributed by atoms with Crippen molar-refractivity contribution in [1.82, 2.24) is 10.6 Å². The van der Waals surface area contributed by atoms with Gasteiger partial charge in [-0.1, -0.05) is 0 Å². The lowest BCUT2D eigenvalue weighted by Crippen LogP contribution is -2.48. The number of hydrogen-bond donors (Lipinski definition) is 2. The minimum Gasteiger partial charge on any atom is -0.497 e. The van der Waals surface area contributed by atoms with Crippen LogP contribution in [-0.4, -0.2) is 31.1 Å². The molecule has 5 heteroatoms. The number of ether oxygens (including phenoxy) is 1. The largest absolute Gasteiger partial charge is 0.497 e. The summed E-state index contributed by atoms with van der Waals surface area (Å²) in [6.45, 7) is 0. The van der Waals surface area contributed by atoms with Crippen LogP contribution < -0.4 is 15.4 Å². The van der Waals surface area contributed by atoms with Gasteiger partial charge in [-0.15, -0.1) is 12.4 Å². The summed E-state index contributed by atoms with van der Waals surface area (Å²) in [5.41, 5.74) is 0.701. The van der Waals surface area contributed by atoms with Crippen molar-refractivity contribution >= 4 is 18.3 Å². The molecule has 0 radical (unpaired) electrons. The molecule has 2 aliphatic heterocycles. The van der Waals surface area contributed by atoms with Crippen LogP contribution >= 0.6 is 12.4 Å². The predicted molar refractivity (Wildman–Crippen MR) is 80.7 cm³/mol. The number of carbonyl (C=O) groups is 1. The average Bonchev–Trinajstić information content (AvgIpc) is 2.78. The summed E-state index contributed by atoms with van der Waals surface area (Å²) in [5.74, 6) is 0.797. The molecule has 0 saturated carbocycles. The maximum atomic E-state index is 12.2. The number of piperidine rings is 1. The average molecular weight is 297 g/mol. The molecule has 2 heterocycles. The Bertz CT molecular complexity index is 451. The highest BCUT2D eigenvalue weighted by Gasteiger charge is 2.33. The van der Waals surface area contributed by atoms with Gasteiger partial charge in [0, 0.05) is 23.7 Å². The first-order valence-corrected chi connectivity index (χ1v) is 6.95. The van der Waals surface area contributed by atoms with Crippen LogP contribution in [0.5, 0.6) is 5.75 Å². The maximum absolute atomic E-state index is 12.2. The van der Waals surface area contributed by atoms with Gasteiger partial charge in [-0.25, -0.2) is 0 Å². The fourth-order valence-corrected chi connectivity index (χ4v) is 3.19. The molecule has 2 saturated heterocycles. The molecule has 4 nitrogen and oxygen atoms in total. The smallest absolute Gasteiger partial charge is 0.251 e. The van der Waals surface area contributed by atoms with E-state index in [0.29, 0.717) is 23.7 Å². The first-order chi connectivity index (χ1) is 9.24. The van der Waals surface area contributed by atoms with E-state index in [4.69, 9.17) is 4.74 Å². The topological polar surface area (TPSA) is 50.4 Å². The Balaban J connectivity index is 0.00000147. The maximum Gasteiger partial charge on any atom is 0.251 e. The van der Waals surface area contributed by atoms with Crippen LogP contribution in [0.25, 0.3) is 0 Å². The molecule has 3 rings (SSSR count). The van der Waals surface area contributed by atoms with Crippen LogP contribution in [-0.2, 0) is 0 Å². The normalized spacial score (nSPS) is 27.6. The van der Waals surface area contributed by atoms with Gasteiger partial charge in [-0.3, -0.25) is 4.79 Å². The molecule has 2 aliphatic rings. The lowest BCUT2D eigenvalue weighted by atomic mass is 9.99. The Morgan fingerprint density at radius 2 is 1.80 bits per heavy atom. The van der Waals surface area contributed by atoms with E-state index in [1.807, 2.05) is 24.3 Å². The molecule has 2 bridgehead atoms. The van der Waals surface area contributed by atoms with Crippen molar-refractivity contribution in [2.75, 3.05) is 7.11 Å². The van der Waals surface area contributed by atoms with Crippen molar-refractivity contribution in [1.29, 1.82) is 0 Å². The fraction of sp³-hybridized carbons (Fsp3) is 0.533. The van der Waals surface area contributed by atoms with Crippen LogP contribution in [0.2, 0.25) is 0 Å². The molecule has 20 heavy (non-hydrogen) atoms. The molecule has 1 aromatic rings. The summed E-state index contributed by atoms with van der Waals surface area (Å²) in [6, 6.07) is 8.77. The summed E-state index contributed by atoms with van der Waals surface area (Å²) in [7, 11) is 1.62. The van der Waals surface area contributed by atoms with Gasteiger partial charge in [0.1, 0.15) is 5.75 Å². The molecule has 2 N–H and O–H groups in total. The third-order valence-electron chi connectivity index (χ3n) is 4.16. The molecule has 2 atom stereocenters. The lowest BCUT2D eigenvalue weighted by Gasteiger charge is -2.29. The van der Waals surface area contributed by atoms with E-state index in [2.05, 4.69) is 10.6 Å². The summed E-state index contributed by atoms with van der Waals surface area (Å²) < 4.78 is 5.10. The fourth-order valence-electron chi connectivity index (χ4n) is 3.19. The van der Waals surface area contributed by atoms with Crippen molar-refractivity contribution in [2.24, 2.45) is 0 Å². The van der Waals surface area contributed by atoms with E-state index in [9.17, 15) is 4.79 Å². The van der Waals surface area contributed by atoms with Crippen molar-refractivity contribution in [3.05, 3.63) is 29.8 Å². The molecule has 1 aromatic carbocycles. The number of carbonyl (C=O) groups excluding carboxylic acids is 1. The Kier molecular flexibility index (Phi) is 4.89. The highest BCUT2D eigenvalue weighted by molar-refractivity contribution is 5.94. The molecule has 1 amide bonds. The Labute approximate surface area is 125 Å². The van der Waals surface area contributed by atoms with Crippen LogP contribution in [0.15, 0.2) is 24.3 Å². The highest BCUT2D eigenvalue weighted by atomic mass is 35.5. The van der Waals surface area contributed by atoms with Gasteiger partial charge in [-0.2, -0.15) is 0 Å². The van der Waals surface area contributed by atoms with Gasteiger partial charge < -0.3 is 15.4 Å². The third kappa shape index (κ3) is 3.25. The van der Waals surface area contributed by atoms with Gasteiger partial charge in [0.25, 0.3) is 5.91 Å². The van der Waals surface area contributed by atoms with Gasteiger partial charge in [0.15, 0.2) is 0 Å². The first-order valence-electron chi connectivity index (χ1n) is 6.95. The lowest BCUT2D eigenvalue weighted by molar-refractivity contribution is 0.0924. The second-order valence-corrected chi connectivity index (χ2v) is 5.51. The van der Waals surface area contributed by atoms with E-state index >= 15 is 0 Å². The summed E-state index contributed by atoms with van der Waals surface area (Å²) in [4.78, 5) is 12.2. The van der Waals surface area contributed by atoms with Crippen molar-refractivity contribution in [3.63, 3.8) is 0 Å². The van der Waals surface area contributed by atoms with Crippen LogP contribution in [0.1, 0.15) is 36.0 Å². The second-order valence-electron chi connectivity index (χ2n) is 5.51. The molecule has 0 aromatic heterocycles. The van der Waals surface area contributed by atoms with Gasteiger partial charge in [0.05, 0.1) is 7.11 Å². The van der Waals surface area contributed by atoms with Crippen LogP contribution in [0.4, 0.5) is 0 Å². The Morgan fingerprint density at radius 3 is 2.35 bits per heavy atom. The zero-order valence-electron chi connectivity index (χ0n) is 11.6. The molecular weight excluding hydrogens is 276 g/mol. The SMILES string of the molecule is COc1ccc(C(=O)NC2CC3CCC(C2)N3)cc1.Cl. The second kappa shape index (κ2) is 6.46. The minimum absolute atomic E-state index is 0. The molecule has 110 valence electrons. The van der Waals surface area contributed by atoms with E-state index < -0.39 is 0 Å². The summed E-state index contributed by atoms with van der Waals surface area (Å²) in [6.07, 6.45) is 4.61. The zero-order valence-corrected chi connectivity index (χ0v) is 12.4. The van der Waals surface area contributed by atoms with E-state index in [0.717, 1.165) is 18.6 Å². The predicted octanol–water partition coefficient (Wildman–Crippen LogP) is 2.13. The standard InChI is InChI=1S/C15H20N2O2.ClH/c1-19-14-6-2-10(3-7-14)15(18)17-13-8-11-4-5-12(9-13)16-11;/h2-3,6-7,11-13,16H,4-5,8-9H2,1H3,(H,17,18);1H. The molecular formula is C15H21ClN2O2. The monoisotopic (exact) mass is 296 g/mol. The van der Waals surface area contributed by atoms with Gasteiger partial charge in [0.2, 0.25) is 0 Å². The van der Waals surface area contributed by atoms with Crippen molar-refractivity contribution in [3.8, 4) is 5.75 Å². The number of amides is 1. The Morgan fingerprint density at radius 1 is 1.20 bits per heavy atom. The minimum atomic E-state index is 0. The summed E-state index contributed by atoms with van der Waals surface area (Å²) >= 11 is 0. The number of benzene rings is 1. The van der Waals surface area contributed by atoms with Gasteiger partial charge >= 0.3 is 0 Å². The summed E-state index contributed by atoms with van der Waals surface area (Å²) in [5, 5.41) is 6.73. The number of fused-ring (bicyclic) bond motifs is 2. The molecule has 0 aliphatic carbocycles. The molecule has 2 unspecified atom stereocenters. The third-order valence-corrected chi connectivity index (χ3v) is 4.16. The van der Waals surface area contributed by atoms with E-state index in [1.54, 1.807) is 7.11 Å². The van der Waals surface area contributed by atoms with Crippen molar-refractivity contribution < 1.29 is 9.53 Å². The number of halogens is 1. The van der Waals surface area contributed by atoms with Crippen molar-refractivity contribution in [2.45, 2.75) is 43.8 Å². The molecule has 0 spiro atoms. The van der Waals surface area contributed by atoms with Crippen LogP contribution in [0, 0.1) is 0 Å².